The Morgan fingerprint density at radius 1 is 0.762 bits per heavy atom. The molecular weight excluding hydrogens is 480 g/mol. The molecule has 0 saturated carbocycles. The molecule has 0 radical (unpaired) electrons. The summed E-state index contributed by atoms with van der Waals surface area (Å²) in [5.74, 6) is 2.12. The van der Waals surface area contributed by atoms with Gasteiger partial charge in [-0.15, -0.1) is 0 Å². The third-order valence-electron chi connectivity index (χ3n) is 2.42. The first-order valence-corrected chi connectivity index (χ1v) is 24.6. The third-order valence-corrected chi connectivity index (χ3v) is 2.42. The molecule has 0 saturated heterocycles. The van der Waals surface area contributed by atoms with Crippen molar-refractivity contribution in [1.29, 1.82) is 0 Å². The van der Waals surface area contributed by atoms with E-state index >= 15 is 0 Å². The quantitative estimate of drug-likeness (QED) is 0.263. The van der Waals surface area contributed by atoms with Crippen molar-refractivity contribution < 1.29 is 4.42 Å². The van der Waals surface area contributed by atoms with Gasteiger partial charge in [0.2, 0.25) is 0 Å². The summed E-state index contributed by atoms with van der Waals surface area (Å²) in [7, 11) is 25.3. The fourth-order valence-electron chi connectivity index (χ4n) is 1.37. The van der Waals surface area contributed by atoms with Crippen LogP contribution in [0.15, 0.2) is 16.5 Å². The van der Waals surface area contributed by atoms with E-state index in [0.29, 0.717) is 0 Å². The summed E-state index contributed by atoms with van der Waals surface area (Å²) in [5, 5.41) is 0. The molecule has 1 aromatic heterocycles. The van der Waals surface area contributed by atoms with Crippen LogP contribution in [-0.2, 0) is 10.8 Å². The Balaban J connectivity index is 0.000000567. The van der Waals surface area contributed by atoms with Crippen molar-refractivity contribution in [3.05, 3.63) is 29.2 Å². The van der Waals surface area contributed by atoms with E-state index in [-0.39, 0.29) is 10.8 Å². The molecule has 0 aromatic carbocycles. The van der Waals surface area contributed by atoms with Crippen molar-refractivity contribution in [1.82, 2.24) is 0 Å². The molecule has 1 heterocycles. The maximum absolute atomic E-state index is 5.99. The molecule has 21 heavy (non-hydrogen) atoms. The zero-order valence-electron chi connectivity index (χ0n) is 13.5. The van der Waals surface area contributed by atoms with Gasteiger partial charge in [0.15, 0.2) is 0 Å². The molecule has 0 fully saturated rings. The predicted molar refractivity (Wildman–Crippen MR) is 100 cm³/mol. The summed E-state index contributed by atoms with van der Waals surface area (Å²) in [4.78, 5) is 0. The number of rotatable bonds is 0. The first-order valence-electron chi connectivity index (χ1n) is 6.51. The van der Waals surface area contributed by atoms with Gasteiger partial charge in [0.05, 0.1) is 10.8 Å². The van der Waals surface area contributed by atoms with E-state index in [0.717, 1.165) is 11.5 Å². The first kappa shape index (κ1) is 22.4. The van der Waals surface area contributed by atoms with Crippen LogP contribution in [0.2, 0.25) is 0 Å². The summed E-state index contributed by atoms with van der Waals surface area (Å²) in [6, 6.07) is 4.27. The van der Waals surface area contributed by atoms with Crippen molar-refractivity contribution in [2.24, 2.45) is 0 Å². The van der Waals surface area contributed by atoms with Crippen LogP contribution in [0.1, 0.15) is 58.6 Å². The molecule has 0 aliphatic carbocycles. The van der Waals surface area contributed by atoms with Crippen LogP contribution in [0.25, 0.3) is 0 Å². The first-order chi connectivity index (χ1) is 8.84. The molecule has 7 heteroatoms. The second-order valence-corrected chi connectivity index (χ2v) is 49.5. The average Bonchev–Trinajstić information content (AvgIpc) is 2.09. The Labute approximate surface area is 147 Å². The van der Waals surface area contributed by atoms with Gasteiger partial charge in [0.1, 0.15) is 0 Å². The third kappa shape index (κ3) is 12.5. The number of hydrogen-bond donors (Lipinski definition) is 0. The fraction of sp³-hybridized carbons (Fsp3) is 0.643. The van der Waals surface area contributed by atoms with Crippen molar-refractivity contribution in [2.75, 3.05) is 0 Å². The summed E-state index contributed by atoms with van der Waals surface area (Å²) < 4.78 is 5.99. The van der Waals surface area contributed by atoms with Crippen LogP contribution in [0.5, 0.6) is 0 Å². The van der Waals surface area contributed by atoms with Gasteiger partial charge in [0, 0.05) is 12.1 Å². The summed E-state index contributed by atoms with van der Waals surface area (Å²) in [6.07, 6.45) is 0. The summed E-state index contributed by atoms with van der Waals surface area (Å²) >= 11 is -4.40. The summed E-state index contributed by atoms with van der Waals surface area (Å²) in [6.45, 7) is 15.2. The van der Waals surface area contributed by atoms with Gasteiger partial charge in [-0.3, -0.25) is 0 Å². The molecule has 1 rings (SSSR count). The van der Waals surface area contributed by atoms with E-state index in [1.165, 1.54) is 5.56 Å². The molecule has 124 valence electrons. The molecule has 0 N–H and O–H groups in total. The Morgan fingerprint density at radius 2 is 1.00 bits per heavy atom. The monoisotopic (exact) mass is 502 g/mol. The molecular formula is C14H23Cl5OSn. The second-order valence-electron chi connectivity index (χ2n) is 7.08. The Bertz CT molecular complexity index is 444. The van der Waals surface area contributed by atoms with Crippen LogP contribution < -0.4 is 0 Å². The van der Waals surface area contributed by atoms with Gasteiger partial charge in [-0.2, -0.15) is 0 Å². The minimum atomic E-state index is -4.40. The van der Waals surface area contributed by atoms with Gasteiger partial charge < -0.3 is 0 Å². The summed E-state index contributed by atoms with van der Waals surface area (Å²) in [5.41, 5.74) is 1.43. The van der Waals surface area contributed by atoms with Crippen molar-refractivity contribution in [3.8, 4) is 0 Å². The SMILES string of the molecule is Cc1cc(C(C)(C)C)[o+]c(C(C)(C)C)c1.[Cl][Sn-]([Cl])([Cl])([Cl])[Cl]. The van der Waals surface area contributed by atoms with E-state index < -0.39 is 11.4 Å². The average molecular weight is 503 g/mol. The number of halogens is 5. The van der Waals surface area contributed by atoms with Crippen LogP contribution >= 0.6 is 44.6 Å². The Hall–Kier alpha value is 1.40. The van der Waals surface area contributed by atoms with Crippen LogP contribution in [0, 0.1) is 6.92 Å². The second kappa shape index (κ2) is 7.11. The fourth-order valence-corrected chi connectivity index (χ4v) is 1.37. The number of aryl methyl sites for hydroxylation is 1. The predicted octanol–water partition coefficient (Wildman–Crippen LogP) is 7.53. The van der Waals surface area contributed by atoms with Gasteiger partial charge in [-0.25, -0.2) is 4.42 Å². The molecule has 0 amide bonds. The molecule has 0 bridgehead atoms. The maximum atomic E-state index is 5.99. The van der Waals surface area contributed by atoms with E-state index in [2.05, 4.69) is 60.6 Å². The topological polar surface area (TPSA) is 11.3 Å². The van der Waals surface area contributed by atoms with Crippen LogP contribution in [-0.4, -0.2) is 11.4 Å². The normalized spacial score (nSPS) is 14.8. The zero-order valence-corrected chi connectivity index (χ0v) is 20.1. The number of hydrogen-bond acceptors (Lipinski definition) is 0. The molecule has 0 unspecified atom stereocenters. The Kier molecular flexibility index (Phi) is 7.58. The van der Waals surface area contributed by atoms with E-state index in [1.54, 1.807) is 0 Å². The van der Waals surface area contributed by atoms with Gasteiger partial charge in [-0.1, -0.05) is 0 Å². The van der Waals surface area contributed by atoms with Gasteiger partial charge in [0.25, 0.3) is 0 Å². The van der Waals surface area contributed by atoms with E-state index in [4.69, 9.17) is 49.0 Å². The van der Waals surface area contributed by atoms with Crippen molar-refractivity contribution in [3.63, 3.8) is 0 Å². The van der Waals surface area contributed by atoms with Crippen LogP contribution in [0.4, 0.5) is 0 Å². The van der Waals surface area contributed by atoms with Gasteiger partial charge in [-0.05, 0) is 54.0 Å². The molecule has 0 spiro atoms. The van der Waals surface area contributed by atoms with Crippen molar-refractivity contribution >= 4 is 56.0 Å². The molecule has 0 aliphatic heterocycles. The van der Waals surface area contributed by atoms with Crippen LogP contribution in [0.3, 0.4) is 0 Å². The molecule has 0 atom stereocenters. The minimum absolute atomic E-state index is 0.0754. The van der Waals surface area contributed by atoms with E-state index in [1.807, 2.05) is 0 Å². The zero-order chi connectivity index (χ0) is 17.3. The van der Waals surface area contributed by atoms with Gasteiger partial charge >= 0.3 is 67.5 Å². The molecule has 1 nitrogen and oxygen atoms in total. The standard InChI is InChI=1S/C14H23O.5ClH.Sn/c1-10-8-11(13(2,3)4)15-12(9-10)14(5,6)7;;;;;;/h8-9H,1-7H3;5*1H;/q+1;;;;;;+4/p-5. The van der Waals surface area contributed by atoms with Crippen molar-refractivity contribution in [2.45, 2.75) is 59.3 Å². The molecule has 0 aliphatic rings. The molecule has 1 aromatic rings. The Morgan fingerprint density at radius 3 is 1.19 bits per heavy atom. The van der Waals surface area contributed by atoms with E-state index in [9.17, 15) is 0 Å².